The van der Waals surface area contributed by atoms with Gasteiger partial charge in [0.05, 0.1) is 13.0 Å². The van der Waals surface area contributed by atoms with E-state index in [1.165, 1.54) is 0 Å². The lowest BCUT2D eigenvalue weighted by molar-refractivity contribution is -0.138. The molecule has 3 aromatic carbocycles. The van der Waals surface area contributed by atoms with Crippen molar-refractivity contribution < 1.29 is 24.1 Å². The average Bonchev–Trinajstić information content (AvgIpc) is 2.76. The number of ether oxygens (including phenoxy) is 3. The third-order valence-corrected chi connectivity index (χ3v) is 4.52. The predicted molar refractivity (Wildman–Crippen MR) is 111 cm³/mol. The Morgan fingerprint density at radius 3 is 2.17 bits per heavy atom. The summed E-state index contributed by atoms with van der Waals surface area (Å²) >= 11 is 0. The summed E-state index contributed by atoms with van der Waals surface area (Å²) in [5, 5.41) is 9.67. The first kappa shape index (κ1) is 20.3. The standard InChI is InChI=1S/C24H24O5/c1-27-22-13-12-18(16-21(24(25)26)19-8-4-2-5-9-19)17-23(22)29-15-14-28-20-10-6-3-7-11-20/h2-13,17,21H,14-16H2,1H3,(H,25,26). The molecular weight excluding hydrogens is 368 g/mol. The fraction of sp³-hybridized carbons (Fsp3) is 0.208. The molecule has 1 unspecified atom stereocenters. The van der Waals surface area contributed by atoms with Crippen LogP contribution in [0.4, 0.5) is 0 Å². The molecule has 0 amide bonds. The van der Waals surface area contributed by atoms with Gasteiger partial charge in [0, 0.05) is 0 Å². The van der Waals surface area contributed by atoms with Crippen molar-refractivity contribution in [2.45, 2.75) is 12.3 Å². The monoisotopic (exact) mass is 392 g/mol. The van der Waals surface area contributed by atoms with Gasteiger partial charge in [-0.15, -0.1) is 0 Å². The summed E-state index contributed by atoms with van der Waals surface area (Å²) in [7, 11) is 1.58. The molecule has 3 aromatic rings. The molecule has 5 heteroatoms. The molecule has 150 valence electrons. The molecule has 1 N–H and O–H groups in total. The highest BCUT2D eigenvalue weighted by Gasteiger charge is 2.21. The molecule has 0 aromatic heterocycles. The fourth-order valence-corrected chi connectivity index (χ4v) is 3.06. The van der Waals surface area contributed by atoms with E-state index in [1.54, 1.807) is 13.2 Å². The molecule has 0 fully saturated rings. The molecule has 5 nitrogen and oxygen atoms in total. The summed E-state index contributed by atoms with van der Waals surface area (Å²) < 4.78 is 16.9. The van der Waals surface area contributed by atoms with Gasteiger partial charge in [0.15, 0.2) is 11.5 Å². The molecule has 29 heavy (non-hydrogen) atoms. The number of benzene rings is 3. The van der Waals surface area contributed by atoms with Crippen LogP contribution in [0.3, 0.4) is 0 Å². The van der Waals surface area contributed by atoms with E-state index in [9.17, 15) is 9.90 Å². The van der Waals surface area contributed by atoms with Gasteiger partial charge in [0.25, 0.3) is 0 Å². The maximum absolute atomic E-state index is 11.8. The van der Waals surface area contributed by atoms with E-state index in [2.05, 4.69) is 0 Å². The predicted octanol–water partition coefficient (Wildman–Crippen LogP) is 4.56. The van der Waals surface area contributed by atoms with Gasteiger partial charge in [-0.1, -0.05) is 54.6 Å². The van der Waals surface area contributed by atoms with E-state index >= 15 is 0 Å². The third-order valence-electron chi connectivity index (χ3n) is 4.52. The summed E-state index contributed by atoms with van der Waals surface area (Å²) in [6, 6.07) is 24.3. The lowest BCUT2D eigenvalue weighted by Gasteiger charge is -2.16. The lowest BCUT2D eigenvalue weighted by Crippen LogP contribution is -2.14. The summed E-state index contributed by atoms with van der Waals surface area (Å²) in [5.74, 6) is 0.465. The number of rotatable bonds is 10. The smallest absolute Gasteiger partial charge is 0.311 e. The van der Waals surface area contributed by atoms with Gasteiger partial charge < -0.3 is 19.3 Å². The Morgan fingerprint density at radius 1 is 0.862 bits per heavy atom. The van der Waals surface area contributed by atoms with E-state index in [0.717, 1.165) is 16.9 Å². The minimum absolute atomic E-state index is 0.343. The van der Waals surface area contributed by atoms with Crippen molar-refractivity contribution >= 4 is 5.97 Å². The van der Waals surface area contributed by atoms with Crippen molar-refractivity contribution in [2.75, 3.05) is 20.3 Å². The van der Waals surface area contributed by atoms with E-state index in [0.29, 0.717) is 31.1 Å². The van der Waals surface area contributed by atoms with Crippen molar-refractivity contribution in [3.05, 3.63) is 90.0 Å². The first-order chi connectivity index (χ1) is 14.2. The maximum Gasteiger partial charge on any atom is 0.311 e. The van der Waals surface area contributed by atoms with Crippen LogP contribution >= 0.6 is 0 Å². The molecule has 0 aliphatic carbocycles. The number of carboxylic acid groups (broad SMARTS) is 1. The van der Waals surface area contributed by atoms with Crippen LogP contribution in [-0.2, 0) is 11.2 Å². The van der Waals surface area contributed by atoms with Crippen LogP contribution in [-0.4, -0.2) is 31.4 Å². The van der Waals surface area contributed by atoms with E-state index in [4.69, 9.17) is 14.2 Å². The van der Waals surface area contributed by atoms with E-state index in [-0.39, 0.29) is 0 Å². The molecule has 0 aliphatic heterocycles. The number of para-hydroxylation sites is 1. The first-order valence-corrected chi connectivity index (χ1v) is 9.42. The molecule has 0 aliphatic rings. The number of aliphatic carboxylic acids is 1. The highest BCUT2D eigenvalue weighted by Crippen LogP contribution is 2.30. The topological polar surface area (TPSA) is 65.0 Å². The van der Waals surface area contributed by atoms with Gasteiger partial charge in [-0.3, -0.25) is 4.79 Å². The van der Waals surface area contributed by atoms with Crippen molar-refractivity contribution in [2.24, 2.45) is 0 Å². The molecule has 0 bridgehead atoms. The van der Waals surface area contributed by atoms with Crippen LogP contribution in [0.25, 0.3) is 0 Å². The minimum atomic E-state index is -0.856. The lowest BCUT2D eigenvalue weighted by atomic mass is 9.92. The SMILES string of the molecule is COc1ccc(CC(C(=O)O)c2ccccc2)cc1OCCOc1ccccc1. The fourth-order valence-electron chi connectivity index (χ4n) is 3.06. The van der Waals surface area contributed by atoms with Crippen LogP contribution < -0.4 is 14.2 Å². The van der Waals surface area contributed by atoms with E-state index < -0.39 is 11.9 Å². The third kappa shape index (κ3) is 5.75. The Hall–Kier alpha value is -3.47. The van der Waals surface area contributed by atoms with Gasteiger partial charge in [0.1, 0.15) is 19.0 Å². The Morgan fingerprint density at radius 2 is 1.52 bits per heavy atom. The summed E-state index contributed by atoms with van der Waals surface area (Å²) in [5.41, 5.74) is 1.63. The van der Waals surface area contributed by atoms with Gasteiger partial charge >= 0.3 is 5.97 Å². The van der Waals surface area contributed by atoms with Crippen LogP contribution in [0.5, 0.6) is 17.2 Å². The Labute approximate surface area is 170 Å². The largest absolute Gasteiger partial charge is 0.493 e. The van der Waals surface area contributed by atoms with E-state index in [1.807, 2.05) is 72.8 Å². The first-order valence-electron chi connectivity index (χ1n) is 9.42. The highest BCUT2D eigenvalue weighted by molar-refractivity contribution is 5.76. The number of hydrogen-bond acceptors (Lipinski definition) is 4. The van der Waals surface area contributed by atoms with Gasteiger partial charge in [0.2, 0.25) is 0 Å². The quantitative estimate of drug-likeness (QED) is 0.512. The number of carbonyl (C=O) groups is 1. The van der Waals surface area contributed by atoms with Gasteiger partial charge in [-0.2, -0.15) is 0 Å². The molecule has 0 spiro atoms. The van der Waals surface area contributed by atoms with Gasteiger partial charge in [-0.05, 0) is 41.8 Å². The second-order valence-electron chi connectivity index (χ2n) is 6.50. The zero-order valence-electron chi connectivity index (χ0n) is 16.3. The summed E-state index contributed by atoms with van der Waals surface area (Å²) in [4.78, 5) is 11.8. The molecule has 0 radical (unpaired) electrons. The van der Waals surface area contributed by atoms with Crippen LogP contribution in [0.1, 0.15) is 17.0 Å². The molecule has 0 heterocycles. The molecule has 3 rings (SSSR count). The average molecular weight is 392 g/mol. The second-order valence-corrected chi connectivity index (χ2v) is 6.50. The van der Waals surface area contributed by atoms with Crippen molar-refractivity contribution in [3.8, 4) is 17.2 Å². The maximum atomic E-state index is 11.8. The molecule has 0 saturated carbocycles. The Balaban J connectivity index is 1.66. The van der Waals surface area contributed by atoms with Crippen LogP contribution in [0, 0.1) is 0 Å². The van der Waals surface area contributed by atoms with Crippen molar-refractivity contribution in [1.29, 1.82) is 0 Å². The Kier molecular flexibility index (Phi) is 7.11. The number of methoxy groups -OCH3 is 1. The highest BCUT2D eigenvalue weighted by atomic mass is 16.5. The van der Waals surface area contributed by atoms with Crippen LogP contribution in [0.2, 0.25) is 0 Å². The van der Waals surface area contributed by atoms with Gasteiger partial charge in [-0.25, -0.2) is 0 Å². The molecule has 1 atom stereocenters. The van der Waals surface area contributed by atoms with Crippen molar-refractivity contribution in [1.82, 2.24) is 0 Å². The normalized spacial score (nSPS) is 11.5. The number of hydrogen-bond donors (Lipinski definition) is 1. The summed E-state index contributed by atoms with van der Waals surface area (Å²) in [6.07, 6.45) is 0.361. The Bertz CT molecular complexity index is 909. The summed E-state index contributed by atoms with van der Waals surface area (Å²) in [6.45, 7) is 0.731. The number of carboxylic acids is 1. The molecular formula is C24H24O5. The zero-order chi connectivity index (χ0) is 20.5. The zero-order valence-corrected chi connectivity index (χ0v) is 16.3. The molecule has 0 saturated heterocycles. The van der Waals surface area contributed by atoms with Crippen molar-refractivity contribution in [3.63, 3.8) is 0 Å². The van der Waals surface area contributed by atoms with Crippen LogP contribution in [0.15, 0.2) is 78.9 Å². The second kappa shape index (κ2) is 10.2. The minimum Gasteiger partial charge on any atom is -0.493 e.